The highest BCUT2D eigenvalue weighted by atomic mass is 32.1. The maximum atomic E-state index is 12.4. The quantitative estimate of drug-likeness (QED) is 0.371. The van der Waals surface area contributed by atoms with Crippen LogP contribution in [0.4, 0.5) is 0 Å². The molecule has 226 valence electrons. The van der Waals surface area contributed by atoms with Crippen molar-refractivity contribution in [1.82, 2.24) is 25.0 Å². The SMILES string of the molecule is Cc1cc(C)cc(-c2[nH]c3sc(C(C)(C)CC4C5CCC4C(=O)N5)cc3c2CCN2CCN(CC(=O)N(C)C)CC2)c1. The van der Waals surface area contributed by atoms with Crippen molar-refractivity contribution in [1.29, 1.82) is 0 Å². The lowest BCUT2D eigenvalue weighted by Gasteiger charge is -2.34. The van der Waals surface area contributed by atoms with E-state index < -0.39 is 0 Å². The fourth-order valence-corrected chi connectivity index (χ4v) is 8.80. The molecule has 3 unspecified atom stereocenters. The number of fused-ring (bicyclic) bond motifs is 3. The second kappa shape index (κ2) is 11.4. The number of benzene rings is 1. The van der Waals surface area contributed by atoms with Crippen LogP contribution in [0.2, 0.25) is 0 Å². The molecule has 2 saturated heterocycles. The van der Waals surface area contributed by atoms with E-state index in [2.05, 4.69) is 72.1 Å². The zero-order valence-corrected chi connectivity index (χ0v) is 27.0. The molecule has 2 aliphatic heterocycles. The number of carbonyl (C=O) groups is 2. The van der Waals surface area contributed by atoms with Crippen LogP contribution in [0.25, 0.3) is 21.5 Å². The van der Waals surface area contributed by atoms with Crippen LogP contribution in [0.3, 0.4) is 0 Å². The predicted octanol–water partition coefficient (Wildman–Crippen LogP) is 4.95. The Bertz CT molecular complexity index is 1460. The topological polar surface area (TPSA) is 71.7 Å². The number of nitrogens with zero attached hydrogens (tertiary/aromatic N) is 3. The molecule has 1 aliphatic carbocycles. The third-order valence-electron chi connectivity index (χ3n) is 10.0. The zero-order chi connectivity index (χ0) is 29.8. The maximum absolute atomic E-state index is 12.4. The highest BCUT2D eigenvalue weighted by Gasteiger charge is 2.49. The summed E-state index contributed by atoms with van der Waals surface area (Å²) in [6.07, 6.45) is 4.21. The molecule has 8 heteroatoms. The number of piperazine rings is 1. The molecule has 7 nitrogen and oxygen atoms in total. The second-order valence-corrected chi connectivity index (χ2v) is 15.0. The number of H-pyrrole nitrogens is 1. The maximum Gasteiger partial charge on any atom is 0.236 e. The van der Waals surface area contributed by atoms with Gasteiger partial charge in [-0.1, -0.05) is 31.0 Å². The third kappa shape index (κ3) is 5.78. The first-order valence-electron chi connectivity index (χ1n) is 15.7. The van der Waals surface area contributed by atoms with E-state index in [1.54, 1.807) is 4.90 Å². The van der Waals surface area contributed by atoms with Gasteiger partial charge in [-0.15, -0.1) is 11.3 Å². The summed E-state index contributed by atoms with van der Waals surface area (Å²) in [6, 6.07) is 9.66. The molecular weight excluding hydrogens is 542 g/mol. The van der Waals surface area contributed by atoms with Crippen LogP contribution in [-0.4, -0.2) is 90.9 Å². The van der Waals surface area contributed by atoms with E-state index in [1.165, 1.54) is 43.0 Å². The van der Waals surface area contributed by atoms with Gasteiger partial charge in [-0.05, 0) is 80.2 Å². The van der Waals surface area contributed by atoms with Gasteiger partial charge in [0.1, 0.15) is 4.83 Å². The van der Waals surface area contributed by atoms with Crippen molar-refractivity contribution in [2.24, 2.45) is 11.8 Å². The Morgan fingerprint density at radius 2 is 1.71 bits per heavy atom. The first kappa shape index (κ1) is 29.4. The fraction of sp³-hybridized carbons (Fsp3) is 0.588. The van der Waals surface area contributed by atoms with Crippen molar-refractivity contribution in [3.8, 4) is 11.3 Å². The number of aromatic amines is 1. The van der Waals surface area contributed by atoms with Gasteiger partial charge < -0.3 is 20.1 Å². The molecule has 3 fully saturated rings. The lowest BCUT2D eigenvalue weighted by atomic mass is 9.78. The molecule has 3 aliphatic rings. The van der Waals surface area contributed by atoms with E-state index in [1.807, 2.05) is 25.4 Å². The van der Waals surface area contributed by atoms with E-state index >= 15 is 0 Å². The lowest BCUT2D eigenvalue weighted by Crippen LogP contribution is -2.49. The number of carbonyl (C=O) groups excluding carboxylic acids is 2. The molecule has 6 rings (SSSR count). The van der Waals surface area contributed by atoms with Crippen molar-refractivity contribution in [2.45, 2.75) is 64.8 Å². The molecule has 3 aromatic rings. The number of aryl methyl sites for hydroxylation is 2. The predicted molar refractivity (Wildman–Crippen MR) is 172 cm³/mol. The molecule has 4 heterocycles. The summed E-state index contributed by atoms with van der Waals surface area (Å²) in [5.41, 5.74) is 6.52. The van der Waals surface area contributed by atoms with Crippen LogP contribution in [0.5, 0.6) is 0 Å². The monoisotopic (exact) mass is 589 g/mol. The minimum atomic E-state index is 0.0139. The fourth-order valence-electron chi connectivity index (χ4n) is 7.60. The van der Waals surface area contributed by atoms with Gasteiger partial charge in [0.05, 0.1) is 12.2 Å². The van der Waals surface area contributed by atoms with Crippen molar-refractivity contribution in [3.63, 3.8) is 0 Å². The smallest absolute Gasteiger partial charge is 0.236 e. The first-order valence-corrected chi connectivity index (χ1v) is 16.5. The molecule has 2 bridgehead atoms. The molecule has 2 N–H and O–H groups in total. The van der Waals surface area contributed by atoms with Gasteiger partial charge in [0.2, 0.25) is 11.8 Å². The number of aromatic nitrogens is 1. The van der Waals surface area contributed by atoms with Crippen LogP contribution in [0.1, 0.15) is 54.7 Å². The summed E-state index contributed by atoms with van der Waals surface area (Å²) in [6.45, 7) is 14.5. The Kier molecular flexibility index (Phi) is 8.00. The first-order chi connectivity index (χ1) is 20.0. The summed E-state index contributed by atoms with van der Waals surface area (Å²) in [5, 5.41) is 4.60. The number of likely N-dealkylation sites (N-methyl/N-ethyl adjacent to an activating group) is 1. The molecular formula is C34H47N5O2S. The summed E-state index contributed by atoms with van der Waals surface area (Å²) < 4.78 is 0. The minimum Gasteiger partial charge on any atom is -0.353 e. The highest BCUT2D eigenvalue weighted by Crippen LogP contribution is 2.47. The lowest BCUT2D eigenvalue weighted by molar-refractivity contribution is -0.130. The molecule has 42 heavy (non-hydrogen) atoms. The Labute approximate surface area is 254 Å². The summed E-state index contributed by atoms with van der Waals surface area (Å²) in [4.78, 5) is 37.6. The van der Waals surface area contributed by atoms with E-state index in [-0.39, 0.29) is 23.1 Å². The highest BCUT2D eigenvalue weighted by molar-refractivity contribution is 7.18. The number of rotatable bonds is 9. The van der Waals surface area contributed by atoms with E-state index in [4.69, 9.17) is 0 Å². The van der Waals surface area contributed by atoms with Crippen LogP contribution >= 0.6 is 11.3 Å². The van der Waals surface area contributed by atoms with Gasteiger partial charge in [0.15, 0.2) is 0 Å². The van der Waals surface area contributed by atoms with Crippen LogP contribution in [0, 0.1) is 25.7 Å². The van der Waals surface area contributed by atoms with Crippen molar-refractivity contribution in [3.05, 3.63) is 45.8 Å². The van der Waals surface area contributed by atoms with Gasteiger partial charge in [-0.3, -0.25) is 14.5 Å². The molecule has 2 amide bonds. The van der Waals surface area contributed by atoms with Crippen molar-refractivity contribution in [2.75, 3.05) is 53.4 Å². The number of hydrogen-bond donors (Lipinski definition) is 2. The van der Waals surface area contributed by atoms with Crippen molar-refractivity contribution >= 4 is 33.4 Å². The molecule has 3 atom stereocenters. The minimum absolute atomic E-state index is 0.0139. The van der Waals surface area contributed by atoms with E-state index in [0.717, 1.165) is 58.4 Å². The van der Waals surface area contributed by atoms with Gasteiger partial charge in [0, 0.05) is 69.0 Å². The molecule has 1 saturated carbocycles. The second-order valence-electron chi connectivity index (χ2n) is 13.9. The standard InChI is InChI=1S/C34H47N5O2S/c1-21-15-22(2)17-23(16-21)31-24(9-10-38-11-13-39(14-12-38)20-30(40)37(5)6)26-18-29(42-33(26)36-31)34(3,4)19-27-25-7-8-28(27)35-32(25)41/h15-18,25,27-28,36H,7-14,19-20H2,1-6H3,(H,35,41). The summed E-state index contributed by atoms with van der Waals surface area (Å²) in [7, 11) is 3.66. The third-order valence-corrected chi connectivity index (χ3v) is 11.4. The average Bonchev–Trinajstić information content (AvgIpc) is 3.67. The van der Waals surface area contributed by atoms with Gasteiger partial charge in [0.25, 0.3) is 0 Å². The van der Waals surface area contributed by atoms with Crippen LogP contribution < -0.4 is 5.32 Å². The Morgan fingerprint density at radius 1 is 1.02 bits per heavy atom. The normalized spacial score (nSPS) is 23.2. The number of piperidine rings is 1. The number of nitrogens with one attached hydrogen (secondary N) is 2. The summed E-state index contributed by atoms with van der Waals surface area (Å²) in [5.74, 6) is 1.10. The number of thiophene rings is 1. The molecule has 1 aromatic carbocycles. The molecule has 0 spiro atoms. The van der Waals surface area contributed by atoms with Gasteiger partial charge >= 0.3 is 0 Å². The summed E-state index contributed by atoms with van der Waals surface area (Å²) >= 11 is 1.90. The Morgan fingerprint density at radius 3 is 2.33 bits per heavy atom. The van der Waals surface area contributed by atoms with E-state index in [0.29, 0.717) is 18.5 Å². The number of hydrogen-bond acceptors (Lipinski definition) is 5. The zero-order valence-electron chi connectivity index (χ0n) is 26.2. The van der Waals surface area contributed by atoms with Crippen LogP contribution in [-0.2, 0) is 21.4 Å². The number of amides is 2. The van der Waals surface area contributed by atoms with Gasteiger partial charge in [-0.2, -0.15) is 0 Å². The largest absolute Gasteiger partial charge is 0.353 e. The Balaban J connectivity index is 1.23. The van der Waals surface area contributed by atoms with E-state index in [9.17, 15) is 9.59 Å². The van der Waals surface area contributed by atoms with Gasteiger partial charge in [-0.25, -0.2) is 0 Å². The molecule has 0 radical (unpaired) electrons. The van der Waals surface area contributed by atoms with Crippen LogP contribution in [0.15, 0.2) is 24.3 Å². The average molecular weight is 590 g/mol. The van der Waals surface area contributed by atoms with Crippen molar-refractivity contribution < 1.29 is 9.59 Å². The molecule has 2 aromatic heterocycles. The Hall–Kier alpha value is -2.68.